The van der Waals surface area contributed by atoms with Gasteiger partial charge in [0.1, 0.15) is 5.82 Å². The van der Waals surface area contributed by atoms with Crippen molar-refractivity contribution in [1.29, 1.82) is 0 Å². The van der Waals surface area contributed by atoms with Gasteiger partial charge in [0.25, 0.3) is 0 Å². The molecule has 2 rings (SSSR count). The predicted molar refractivity (Wildman–Crippen MR) is 81.7 cm³/mol. The van der Waals surface area contributed by atoms with Gasteiger partial charge in [-0.15, -0.1) is 0 Å². The Balaban J connectivity index is 2.15. The number of rotatable bonds is 3. The first-order valence-electron chi connectivity index (χ1n) is 6.36. The van der Waals surface area contributed by atoms with Gasteiger partial charge in [-0.2, -0.15) is 0 Å². The summed E-state index contributed by atoms with van der Waals surface area (Å²) in [4.78, 5) is 8.59. The summed E-state index contributed by atoms with van der Waals surface area (Å²) < 4.78 is 14.0. The lowest BCUT2D eigenvalue weighted by Crippen LogP contribution is -2.35. The van der Waals surface area contributed by atoms with E-state index in [4.69, 9.17) is 0 Å². The van der Waals surface area contributed by atoms with Gasteiger partial charge in [-0.3, -0.25) is 0 Å². The first kappa shape index (κ1) is 15.1. The van der Waals surface area contributed by atoms with E-state index in [-0.39, 0.29) is 11.4 Å². The van der Waals surface area contributed by atoms with Crippen molar-refractivity contribution in [2.24, 2.45) is 0 Å². The van der Waals surface area contributed by atoms with Crippen molar-refractivity contribution >= 4 is 15.9 Å². The van der Waals surface area contributed by atoms with Crippen molar-refractivity contribution in [3.05, 3.63) is 46.4 Å². The molecule has 5 heteroatoms. The SMILES string of the molecule is CC(C)(C)NCc1cnc(-c2cc(F)cc(Br)c2)nc1. The van der Waals surface area contributed by atoms with E-state index in [1.807, 2.05) is 0 Å². The normalized spacial score (nSPS) is 11.7. The van der Waals surface area contributed by atoms with Gasteiger partial charge < -0.3 is 5.32 Å². The second-order valence-electron chi connectivity index (χ2n) is 5.68. The Hall–Kier alpha value is -1.33. The van der Waals surface area contributed by atoms with Crippen molar-refractivity contribution < 1.29 is 4.39 Å². The number of nitrogens with one attached hydrogen (secondary N) is 1. The zero-order valence-electron chi connectivity index (χ0n) is 11.7. The van der Waals surface area contributed by atoms with Crippen LogP contribution in [0.5, 0.6) is 0 Å². The number of hydrogen-bond donors (Lipinski definition) is 1. The molecule has 0 aliphatic heterocycles. The standard InChI is InChI=1S/C15H17BrFN3/c1-15(2,3)20-9-10-7-18-14(19-8-10)11-4-12(16)6-13(17)5-11/h4-8,20H,9H2,1-3H3. The molecule has 106 valence electrons. The molecule has 0 unspecified atom stereocenters. The van der Waals surface area contributed by atoms with Gasteiger partial charge >= 0.3 is 0 Å². The Labute approximate surface area is 126 Å². The molecule has 0 fully saturated rings. The summed E-state index contributed by atoms with van der Waals surface area (Å²) in [6, 6.07) is 4.63. The van der Waals surface area contributed by atoms with Crippen LogP contribution in [0.15, 0.2) is 35.1 Å². The summed E-state index contributed by atoms with van der Waals surface area (Å²) in [5, 5.41) is 3.37. The lowest BCUT2D eigenvalue weighted by Gasteiger charge is -2.20. The van der Waals surface area contributed by atoms with Crippen molar-refractivity contribution in [2.45, 2.75) is 32.9 Å². The number of halogens is 2. The van der Waals surface area contributed by atoms with E-state index in [0.29, 0.717) is 22.4 Å². The summed E-state index contributed by atoms with van der Waals surface area (Å²) >= 11 is 3.27. The highest BCUT2D eigenvalue weighted by atomic mass is 79.9. The molecule has 3 nitrogen and oxygen atoms in total. The van der Waals surface area contributed by atoms with Crippen molar-refractivity contribution in [3.63, 3.8) is 0 Å². The second kappa shape index (κ2) is 5.97. The molecule has 1 aromatic heterocycles. The number of nitrogens with zero attached hydrogens (tertiary/aromatic N) is 2. The minimum atomic E-state index is -0.309. The van der Waals surface area contributed by atoms with Crippen LogP contribution in [-0.4, -0.2) is 15.5 Å². The predicted octanol–water partition coefficient (Wildman–Crippen LogP) is 3.93. The molecule has 0 amide bonds. The topological polar surface area (TPSA) is 37.8 Å². The van der Waals surface area contributed by atoms with Crippen molar-refractivity contribution in [2.75, 3.05) is 0 Å². The molecule has 2 aromatic rings. The molecule has 1 aromatic carbocycles. The lowest BCUT2D eigenvalue weighted by molar-refractivity contribution is 0.423. The molecule has 0 saturated heterocycles. The first-order valence-corrected chi connectivity index (χ1v) is 7.15. The third-order valence-electron chi connectivity index (χ3n) is 2.65. The van der Waals surface area contributed by atoms with Crippen LogP contribution in [0.1, 0.15) is 26.3 Å². The van der Waals surface area contributed by atoms with E-state index in [2.05, 4.69) is 52.0 Å². The van der Waals surface area contributed by atoms with Crippen LogP contribution in [-0.2, 0) is 6.54 Å². The Morgan fingerprint density at radius 2 is 1.80 bits per heavy atom. The lowest BCUT2D eigenvalue weighted by atomic mass is 10.1. The van der Waals surface area contributed by atoms with Gasteiger partial charge in [-0.05, 0) is 39.0 Å². The summed E-state index contributed by atoms with van der Waals surface area (Å²) in [6.07, 6.45) is 3.53. The van der Waals surface area contributed by atoms with E-state index in [1.165, 1.54) is 12.1 Å². The third-order valence-corrected chi connectivity index (χ3v) is 3.11. The van der Waals surface area contributed by atoms with Gasteiger partial charge in [-0.1, -0.05) is 15.9 Å². The highest BCUT2D eigenvalue weighted by Crippen LogP contribution is 2.21. The van der Waals surface area contributed by atoms with Crippen molar-refractivity contribution in [1.82, 2.24) is 15.3 Å². The van der Waals surface area contributed by atoms with E-state index in [1.54, 1.807) is 18.5 Å². The molecule has 0 atom stereocenters. The Bertz CT molecular complexity index is 571. The average Bonchev–Trinajstić information content (AvgIpc) is 2.35. The molecule has 0 aliphatic carbocycles. The van der Waals surface area contributed by atoms with E-state index < -0.39 is 0 Å². The molecular formula is C15H17BrFN3. The fraction of sp³-hybridized carbons (Fsp3) is 0.333. The Morgan fingerprint density at radius 1 is 1.15 bits per heavy atom. The quantitative estimate of drug-likeness (QED) is 0.921. The highest BCUT2D eigenvalue weighted by molar-refractivity contribution is 9.10. The summed E-state index contributed by atoms with van der Waals surface area (Å²) in [6.45, 7) is 7.02. The van der Waals surface area contributed by atoms with Crippen molar-refractivity contribution in [3.8, 4) is 11.4 Å². The number of hydrogen-bond acceptors (Lipinski definition) is 3. The Kier molecular flexibility index (Phi) is 4.50. The maximum absolute atomic E-state index is 13.3. The van der Waals surface area contributed by atoms with Gasteiger partial charge in [-0.25, -0.2) is 14.4 Å². The monoisotopic (exact) mass is 337 g/mol. The zero-order valence-corrected chi connectivity index (χ0v) is 13.3. The van der Waals surface area contributed by atoms with E-state index in [9.17, 15) is 4.39 Å². The van der Waals surface area contributed by atoms with Gasteiger partial charge in [0.15, 0.2) is 5.82 Å². The van der Waals surface area contributed by atoms with Crippen LogP contribution >= 0.6 is 15.9 Å². The van der Waals surface area contributed by atoms with Crippen LogP contribution in [0.25, 0.3) is 11.4 Å². The van der Waals surface area contributed by atoms with E-state index in [0.717, 1.165) is 5.56 Å². The minimum absolute atomic E-state index is 0.0477. The molecule has 1 heterocycles. The van der Waals surface area contributed by atoms with Crippen LogP contribution in [0.3, 0.4) is 0 Å². The van der Waals surface area contributed by atoms with Crippen LogP contribution in [0.2, 0.25) is 0 Å². The maximum Gasteiger partial charge on any atom is 0.159 e. The number of benzene rings is 1. The van der Waals surface area contributed by atoms with Gasteiger partial charge in [0.05, 0.1) is 0 Å². The molecule has 0 bridgehead atoms. The maximum atomic E-state index is 13.3. The first-order chi connectivity index (χ1) is 9.33. The van der Waals surface area contributed by atoms with Crippen LogP contribution < -0.4 is 5.32 Å². The second-order valence-corrected chi connectivity index (χ2v) is 6.59. The highest BCUT2D eigenvalue weighted by Gasteiger charge is 2.09. The fourth-order valence-electron chi connectivity index (χ4n) is 1.65. The molecule has 0 spiro atoms. The summed E-state index contributed by atoms with van der Waals surface area (Å²) in [5.74, 6) is 0.209. The van der Waals surface area contributed by atoms with Crippen LogP contribution in [0, 0.1) is 5.82 Å². The summed E-state index contributed by atoms with van der Waals surface area (Å²) in [5.41, 5.74) is 1.71. The van der Waals surface area contributed by atoms with E-state index >= 15 is 0 Å². The minimum Gasteiger partial charge on any atom is -0.308 e. The largest absolute Gasteiger partial charge is 0.308 e. The average molecular weight is 338 g/mol. The zero-order chi connectivity index (χ0) is 14.8. The number of aromatic nitrogens is 2. The molecule has 0 saturated carbocycles. The summed E-state index contributed by atoms with van der Waals surface area (Å²) in [7, 11) is 0. The van der Waals surface area contributed by atoms with Gasteiger partial charge in [0, 0.05) is 40.1 Å². The molecule has 20 heavy (non-hydrogen) atoms. The smallest absolute Gasteiger partial charge is 0.159 e. The van der Waals surface area contributed by atoms with Gasteiger partial charge in [0.2, 0.25) is 0 Å². The van der Waals surface area contributed by atoms with Crippen LogP contribution in [0.4, 0.5) is 4.39 Å². The molecular weight excluding hydrogens is 321 g/mol. The third kappa shape index (κ3) is 4.35. The Morgan fingerprint density at radius 3 is 2.35 bits per heavy atom. The molecule has 0 radical (unpaired) electrons. The fourth-order valence-corrected chi connectivity index (χ4v) is 2.11. The molecule has 1 N–H and O–H groups in total. The molecule has 0 aliphatic rings.